The topological polar surface area (TPSA) is 45.2 Å². The fourth-order valence-electron chi connectivity index (χ4n) is 1.57. The van der Waals surface area contributed by atoms with E-state index in [1.54, 1.807) is 12.1 Å². The summed E-state index contributed by atoms with van der Waals surface area (Å²) in [7, 11) is 0. The van der Waals surface area contributed by atoms with Gasteiger partial charge in [-0.1, -0.05) is 17.7 Å². The number of pyridine rings is 1. The molecule has 0 spiro atoms. The van der Waals surface area contributed by atoms with Crippen LogP contribution in [0.5, 0.6) is 5.75 Å². The Morgan fingerprint density at radius 2 is 2.11 bits per heavy atom. The molecule has 1 heterocycles. The van der Waals surface area contributed by atoms with Gasteiger partial charge in [0, 0.05) is 6.54 Å². The van der Waals surface area contributed by atoms with Crippen LogP contribution < -0.4 is 5.32 Å². The van der Waals surface area contributed by atoms with Crippen LogP contribution in [-0.2, 0) is 6.54 Å². The second-order valence-corrected chi connectivity index (χ2v) is 5.15. The van der Waals surface area contributed by atoms with Crippen molar-refractivity contribution in [3.05, 3.63) is 51.2 Å². The van der Waals surface area contributed by atoms with Crippen LogP contribution in [-0.4, -0.2) is 10.1 Å². The van der Waals surface area contributed by atoms with E-state index in [2.05, 4.69) is 26.2 Å². The number of aromatic nitrogens is 1. The maximum absolute atomic E-state index is 9.41. The number of anilines is 1. The molecule has 0 fully saturated rings. The predicted octanol–water partition coefficient (Wildman–Crippen LogP) is 4.12. The van der Waals surface area contributed by atoms with Crippen LogP contribution in [0.4, 0.5) is 5.69 Å². The summed E-state index contributed by atoms with van der Waals surface area (Å²) in [4.78, 5) is 4.17. The van der Waals surface area contributed by atoms with Gasteiger partial charge < -0.3 is 10.4 Å². The molecule has 0 aliphatic rings. The molecule has 0 saturated carbocycles. The van der Waals surface area contributed by atoms with Gasteiger partial charge in [0.2, 0.25) is 0 Å². The number of nitrogens with one attached hydrogen (secondary N) is 1. The highest BCUT2D eigenvalue weighted by Gasteiger charge is 2.02. The highest BCUT2D eigenvalue weighted by atomic mass is 79.9. The van der Waals surface area contributed by atoms with Crippen molar-refractivity contribution in [1.29, 1.82) is 0 Å². The monoisotopic (exact) mass is 326 g/mol. The molecule has 0 saturated heterocycles. The summed E-state index contributed by atoms with van der Waals surface area (Å²) in [5, 5.41) is 13.2. The van der Waals surface area contributed by atoms with Crippen LogP contribution in [0.15, 0.2) is 34.8 Å². The third-order valence-corrected chi connectivity index (χ3v) is 3.39. The summed E-state index contributed by atoms with van der Waals surface area (Å²) in [5.74, 6) is 0.239. The SMILES string of the molecule is Cc1nc(Cl)ccc1NCc1ccc(O)c(Br)c1. The van der Waals surface area contributed by atoms with Crippen LogP contribution >= 0.6 is 27.5 Å². The Bertz CT molecular complexity index is 575. The Balaban J connectivity index is 2.09. The molecule has 0 aliphatic heterocycles. The first kappa shape index (κ1) is 13.2. The molecular formula is C13H12BrClN2O. The average Bonchev–Trinajstić information content (AvgIpc) is 2.32. The number of aryl methyl sites for hydroxylation is 1. The largest absolute Gasteiger partial charge is 0.507 e. The standard InChI is InChI=1S/C13H12BrClN2O/c1-8-11(3-5-13(15)17-8)16-7-9-2-4-12(18)10(14)6-9/h2-6,16,18H,7H2,1H3. The first-order valence-electron chi connectivity index (χ1n) is 5.40. The zero-order valence-electron chi connectivity index (χ0n) is 9.74. The lowest BCUT2D eigenvalue weighted by Gasteiger charge is -2.09. The van der Waals surface area contributed by atoms with E-state index >= 15 is 0 Å². The lowest BCUT2D eigenvalue weighted by Crippen LogP contribution is -2.02. The molecule has 2 N–H and O–H groups in total. The van der Waals surface area contributed by atoms with Crippen molar-refractivity contribution >= 4 is 33.2 Å². The molecule has 0 unspecified atom stereocenters. The molecule has 0 aliphatic carbocycles. The Labute approximate surface area is 119 Å². The van der Waals surface area contributed by atoms with Crippen molar-refractivity contribution in [2.75, 3.05) is 5.32 Å². The summed E-state index contributed by atoms with van der Waals surface area (Å²) >= 11 is 9.09. The minimum atomic E-state index is 0.239. The molecule has 2 rings (SSSR count). The number of nitrogens with zero attached hydrogens (tertiary/aromatic N) is 1. The normalized spacial score (nSPS) is 10.4. The van der Waals surface area contributed by atoms with Crippen LogP contribution in [0.3, 0.4) is 0 Å². The van der Waals surface area contributed by atoms with Crippen molar-refractivity contribution in [2.24, 2.45) is 0 Å². The van der Waals surface area contributed by atoms with Crippen LogP contribution in [0.2, 0.25) is 5.15 Å². The predicted molar refractivity (Wildman–Crippen MR) is 77.1 cm³/mol. The zero-order valence-corrected chi connectivity index (χ0v) is 12.1. The second-order valence-electron chi connectivity index (χ2n) is 3.91. The van der Waals surface area contributed by atoms with E-state index in [0.29, 0.717) is 16.2 Å². The summed E-state index contributed by atoms with van der Waals surface area (Å²) in [6, 6.07) is 9.06. The van der Waals surface area contributed by atoms with E-state index in [9.17, 15) is 5.11 Å². The quantitative estimate of drug-likeness (QED) is 0.833. The van der Waals surface area contributed by atoms with Gasteiger partial charge in [0.1, 0.15) is 10.9 Å². The molecule has 0 radical (unpaired) electrons. The van der Waals surface area contributed by atoms with E-state index in [1.165, 1.54) is 0 Å². The fourth-order valence-corrected chi connectivity index (χ4v) is 2.19. The number of hydrogen-bond acceptors (Lipinski definition) is 3. The number of hydrogen-bond donors (Lipinski definition) is 2. The van der Waals surface area contributed by atoms with Gasteiger partial charge in [-0.3, -0.25) is 0 Å². The molecular weight excluding hydrogens is 316 g/mol. The Morgan fingerprint density at radius 1 is 1.33 bits per heavy atom. The molecule has 5 heteroatoms. The van der Waals surface area contributed by atoms with Gasteiger partial charge in [0.25, 0.3) is 0 Å². The summed E-state index contributed by atoms with van der Waals surface area (Å²) in [5.41, 5.74) is 2.87. The Morgan fingerprint density at radius 3 is 2.78 bits per heavy atom. The summed E-state index contributed by atoms with van der Waals surface area (Å²) < 4.78 is 0.688. The minimum absolute atomic E-state index is 0.239. The van der Waals surface area contributed by atoms with E-state index in [0.717, 1.165) is 16.9 Å². The van der Waals surface area contributed by atoms with Crippen molar-refractivity contribution < 1.29 is 5.11 Å². The third-order valence-electron chi connectivity index (χ3n) is 2.55. The van der Waals surface area contributed by atoms with E-state index in [4.69, 9.17) is 11.6 Å². The molecule has 0 bridgehead atoms. The van der Waals surface area contributed by atoms with Gasteiger partial charge >= 0.3 is 0 Å². The molecule has 3 nitrogen and oxygen atoms in total. The van der Waals surface area contributed by atoms with Crippen LogP contribution in [0, 0.1) is 6.92 Å². The van der Waals surface area contributed by atoms with Crippen molar-refractivity contribution in [3.63, 3.8) is 0 Å². The Kier molecular flexibility index (Phi) is 4.09. The van der Waals surface area contributed by atoms with Gasteiger partial charge in [0.05, 0.1) is 15.9 Å². The summed E-state index contributed by atoms with van der Waals surface area (Å²) in [6.07, 6.45) is 0. The van der Waals surface area contributed by atoms with E-state index in [-0.39, 0.29) is 5.75 Å². The lowest BCUT2D eigenvalue weighted by molar-refractivity contribution is 0.471. The molecule has 1 aromatic carbocycles. The van der Waals surface area contributed by atoms with Gasteiger partial charge in [-0.05, 0) is 52.7 Å². The van der Waals surface area contributed by atoms with E-state index in [1.807, 2.05) is 25.1 Å². The van der Waals surface area contributed by atoms with Gasteiger partial charge in [-0.15, -0.1) is 0 Å². The fraction of sp³-hybridized carbons (Fsp3) is 0.154. The minimum Gasteiger partial charge on any atom is -0.507 e. The lowest BCUT2D eigenvalue weighted by atomic mass is 10.2. The highest BCUT2D eigenvalue weighted by molar-refractivity contribution is 9.10. The van der Waals surface area contributed by atoms with Crippen molar-refractivity contribution in [1.82, 2.24) is 4.98 Å². The van der Waals surface area contributed by atoms with Gasteiger partial charge in [-0.25, -0.2) is 4.98 Å². The molecule has 94 valence electrons. The second kappa shape index (κ2) is 5.59. The maximum atomic E-state index is 9.41. The number of rotatable bonds is 3. The number of halogens is 2. The maximum Gasteiger partial charge on any atom is 0.129 e. The van der Waals surface area contributed by atoms with Gasteiger partial charge in [0.15, 0.2) is 0 Å². The zero-order chi connectivity index (χ0) is 13.1. The first-order valence-corrected chi connectivity index (χ1v) is 6.58. The molecule has 1 aromatic heterocycles. The highest BCUT2D eigenvalue weighted by Crippen LogP contribution is 2.25. The van der Waals surface area contributed by atoms with Crippen LogP contribution in [0.1, 0.15) is 11.3 Å². The molecule has 18 heavy (non-hydrogen) atoms. The first-order chi connectivity index (χ1) is 8.56. The Hall–Kier alpha value is -1.26. The number of phenols is 1. The van der Waals surface area contributed by atoms with Crippen molar-refractivity contribution in [3.8, 4) is 5.75 Å². The van der Waals surface area contributed by atoms with Crippen molar-refractivity contribution in [2.45, 2.75) is 13.5 Å². The van der Waals surface area contributed by atoms with E-state index < -0.39 is 0 Å². The third kappa shape index (κ3) is 3.15. The number of aromatic hydroxyl groups is 1. The number of phenolic OH excluding ortho intramolecular Hbond substituents is 1. The van der Waals surface area contributed by atoms with Gasteiger partial charge in [-0.2, -0.15) is 0 Å². The van der Waals surface area contributed by atoms with Crippen LogP contribution in [0.25, 0.3) is 0 Å². The molecule has 0 amide bonds. The number of benzene rings is 1. The average molecular weight is 328 g/mol. The summed E-state index contributed by atoms with van der Waals surface area (Å²) in [6.45, 7) is 2.56. The molecule has 2 aromatic rings. The smallest absolute Gasteiger partial charge is 0.129 e. The molecule has 0 atom stereocenters.